The number of rotatable bonds is 9. The van der Waals surface area contributed by atoms with Crippen molar-refractivity contribution in [1.29, 1.82) is 0 Å². The highest BCUT2D eigenvalue weighted by molar-refractivity contribution is 7.89. The predicted octanol–water partition coefficient (Wildman–Crippen LogP) is 2.63. The van der Waals surface area contributed by atoms with Crippen molar-refractivity contribution in [3.63, 3.8) is 0 Å². The number of sulfonamides is 1. The van der Waals surface area contributed by atoms with Gasteiger partial charge in [0.15, 0.2) is 11.5 Å². The molecule has 0 aliphatic carbocycles. The Hall–Kier alpha value is -2.78. The fourth-order valence-electron chi connectivity index (χ4n) is 3.68. The Labute approximate surface area is 190 Å². The summed E-state index contributed by atoms with van der Waals surface area (Å²) in [5.74, 6) is 0.356. The Morgan fingerprint density at radius 3 is 2.28 bits per heavy atom. The fraction of sp³-hybridized carbons (Fsp3) is 0.435. The quantitative estimate of drug-likeness (QED) is 0.618. The van der Waals surface area contributed by atoms with Crippen LogP contribution in [-0.4, -0.2) is 59.5 Å². The molecule has 0 radical (unpaired) electrons. The van der Waals surface area contributed by atoms with E-state index in [1.54, 1.807) is 0 Å². The molecule has 0 atom stereocenters. The molecule has 0 bridgehead atoms. The summed E-state index contributed by atoms with van der Waals surface area (Å²) in [6, 6.07) is 12.5. The molecule has 0 aromatic heterocycles. The number of benzene rings is 2. The van der Waals surface area contributed by atoms with Crippen LogP contribution in [0.4, 0.5) is 5.69 Å². The van der Waals surface area contributed by atoms with Gasteiger partial charge in [-0.25, -0.2) is 8.42 Å². The normalized spacial score (nSPS) is 14.3. The van der Waals surface area contributed by atoms with Crippen molar-refractivity contribution in [2.75, 3.05) is 45.8 Å². The first-order valence-corrected chi connectivity index (χ1v) is 12.1. The van der Waals surface area contributed by atoms with Crippen molar-refractivity contribution >= 4 is 21.6 Å². The van der Waals surface area contributed by atoms with Gasteiger partial charge in [-0.15, -0.1) is 0 Å². The summed E-state index contributed by atoms with van der Waals surface area (Å²) >= 11 is 0. The van der Waals surface area contributed by atoms with Crippen molar-refractivity contribution in [2.24, 2.45) is 0 Å². The van der Waals surface area contributed by atoms with Gasteiger partial charge in [-0.3, -0.25) is 4.79 Å². The van der Waals surface area contributed by atoms with Crippen molar-refractivity contribution in [3.05, 3.63) is 48.0 Å². The first kappa shape index (κ1) is 23.9. The number of carbonyl (C=O) groups excluding carboxylic acids is 1. The van der Waals surface area contributed by atoms with Crippen LogP contribution in [0.5, 0.6) is 11.5 Å². The van der Waals surface area contributed by atoms with Crippen molar-refractivity contribution < 1.29 is 22.7 Å². The van der Waals surface area contributed by atoms with Crippen LogP contribution in [0.25, 0.3) is 0 Å². The van der Waals surface area contributed by atoms with Gasteiger partial charge in [-0.1, -0.05) is 12.1 Å². The maximum absolute atomic E-state index is 12.8. The third-order valence-electron chi connectivity index (χ3n) is 5.58. The summed E-state index contributed by atoms with van der Waals surface area (Å²) in [7, 11) is 0.424. The molecule has 1 heterocycles. The van der Waals surface area contributed by atoms with Gasteiger partial charge in [0, 0.05) is 38.4 Å². The number of amides is 1. The minimum atomic E-state index is -3.86. The molecular formula is C23H31N3O5S. The van der Waals surface area contributed by atoms with E-state index in [0.29, 0.717) is 18.0 Å². The molecule has 1 N–H and O–H groups in total. The lowest BCUT2D eigenvalue weighted by atomic mass is 10.1. The second kappa shape index (κ2) is 10.7. The summed E-state index contributed by atoms with van der Waals surface area (Å²) in [6.45, 7) is 2.21. The molecule has 32 heavy (non-hydrogen) atoms. The SMILES string of the molecule is COc1ccc(S(=O)(=O)N(C)CC(=O)NCc2ccc(N3CCCCC3)cc2)cc1OC. The highest BCUT2D eigenvalue weighted by Crippen LogP contribution is 2.30. The number of piperidine rings is 1. The van der Waals surface area contributed by atoms with Crippen LogP contribution < -0.4 is 19.7 Å². The van der Waals surface area contributed by atoms with Crippen LogP contribution in [0.15, 0.2) is 47.4 Å². The molecule has 0 saturated carbocycles. The topological polar surface area (TPSA) is 88.2 Å². The molecule has 9 heteroatoms. The maximum Gasteiger partial charge on any atom is 0.243 e. The van der Waals surface area contributed by atoms with Gasteiger partial charge in [0.05, 0.1) is 25.7 Å². The number of carbonyl (C=O) groups is 1. The lowest BCUT2D eigenvalue weighted by Gasteiger charge is -2.28. The van der Waals surface area contributed by atoms with E-state index in [2.05, 4.69) is 22.3 Å². The zero-order valence-corrected chi connectivity index (χ0v) is 19.7. The number of likely N-dealkylation sites (N-methyl/N-ethyl adjacent to an activating group) is 1. The first-order valence-electron chi connectivity index (χ1n) is 10.6. The summed E-state index contributed by atoms with van der Waals surface area (Å²) in [5, 5.41) is 2.79. The minimum Gasteiger partial charge on any atom is -0.493 e. The van der Waals surface area contributed by atoms with E-state index in [1.165, 1.54) is 64.4 Å². The van der Waals surface area contributed by atoms with E-state index in [4.69, 9.17) is 9.47 Å². The molecule has 1 saturated heterocycles. The van der Waals surface area contributed by atoms with Crippen molar-refractivity contribution in [1.82, 2.24) is 9.62 Å². The standard InChI is InChI=1S/C23H31N3O5S/c1-25(32(28,29)20-11-12-21(30-2)22(15-20)31-3)17-23(27)24-16-18-7-9-19(10-8-18)26-13-5-4-6-14-26/h7-12,15H,4-6,13-14,16-17H2,1-3H3,(H,24,27). The molecule has 2 aromatic rings. The van der Waals surface area contributed by atoms with E-state index in [-0.39, 0.29) is 17.3 Å². The smallest absolute Gasteiger partial charge is 0.243 e. The van der Waals surface area contributed by atoms with Crippen molar-refractivity contribution in [2.45, 2.75) is 30.7 Å². The first-order chi connectivity index (χ1) is 15.3. The van der Waals surface area contributed by atoms with Gasteiger partial charge in [-0.2, -0.15) is 4.31 Å². The Morgan fingerprint density at radius 1 is 1.00 bits per heavy atom. The molecule has 1 fully saturated rings. The third kappa shape index (κ3) is 5.72. The summed E-state index contributed by atoms with van der Waals surface area (Å²) in [5.41, 5.74) is 2.16. The predicted molar refractivity (Wildman–Crippen MR) is 124 cm³/mol. The highest BCUT2D eigenvalue weighted by atomic mass is 32.2. The van der Waals surface area contributed by atoms with E-state index in [1.807, 2.05) is 12.1 Å². The highest BCUT2D eigenvalue weighted by Gasteiger charge is 2.24. The van der Waals surface area contributed by atoms with Crippen LogP contribution >= 0.6 is 0 Å². The number of anilines is 1. The molecule has 174 valence electrons. The van der Waals surface area contributed by atoms with E-state index in [0.717, 1.165) is 23.0 Å². The molecule has 2 aromatic carbocycles. The average molecular weight is 462 g/mol. The fourth-order valence-corrected chi connectivity index (χ4v) is 4.82. The Morgan fingerprint density at radius 2 is 1.66 bits per heavy atom. The second-order valence-corrected chi connectivity index (χ2v) is 9.81. The third-order valence-corrected chi connectivity index (χ3v) is 7.38. The molecule has 0 spiro atoms. The molecule has 1 aliphatic rings. The van der Waals surface area contributed by atoms with Gasteiger partial charge in [-0.05, 0) is 49.1 Å². The van der Waals surface area contributed by atoms with Gasteiger partial charge in [0.2, 0.25) is 15.9 Å². The largest absolute Gasteiger partial charge is 0.493 e. The van der Waals surface area contributed by atoms with E-state index >= 15 is 0 Å². The average Bonchev–Trinajstić information content (AvgIpc) is 2.83. The number of nitrogens with one attached hydrogen (secondary N) is 1. The summed E-state index contributed by atoms with van der Waals surface area (Å²) in [6.07, 6.45) is 3.73. The van der Waals surface area contributed by atoms with Crippen LogP contribution in [0.2, 0.25) is 0 Å². The molecular weight excluding hydrogens is 430 g/mol. The van der Waals surface area contributed by atoms with Crippen molar-refractivity contribution in [3.8, 4) is 11.5 Å². The van der Waals surface area contributed by atoms with Crippen LogP contribution in [0.1, 0.15) is 24.8 Å². The Balaban J connectivity index is 1.56. The summed E-state index contributed by atoms with van der Waals surface area (Å²) in [4.78, 5) is 14.8. The maximum atomic E-state index is 12.8. The molecule has 8 nitrogen and oxygen atoms in total. The lowest BCUT2D eigenvalue weighted by molar-refractivity contribution is -0.121. The number of ether oxygens (including phenoxy) is 2. The molecule has 1 aliphatic heterocycles. The monoisotopic (exact) mass is 461 g/mol. The second-order valence-electron chi connectivity index (χ2n) is 7.77. The van der Waals surface area contributed by atoms with Gasteiger partial charge in [0.25, 0.3) is 0 Å². The minimum absolute atomic E-state index is 0.0266. The number of nitrogens with zero attached hydrogens (tertiary/aromatic N) is 2. The molecule has 1 amide bonds. The zero-order chi connectivity index (χ0) is 23.1. The van der Waals surface area contributed by atoms with Crippen LogP contribution in [0, 0.1) is 0 Å². The van der Waals surface area contributed by atoms with Gasteiger partial charge >= 0.3 is 0 Å². The molecule has 3 rings (SSSR count). The zero-order valence-electron chi connectivity index (χ0n) is 18.8. The lowest BCUT2D eigenvalue weighted by Crippen LogP contribution is -2.38. The van der Waals surface area contributed by atoms with E-state index < -0.39 is 10.0 Å². The number of hydrogen-bond donors (Lipinski definition) is 1. The molecule has 0 unspecified atom stereocenters. The summed E-state index contributed by atoms with van der Waals surface area (Å²) < 4.78 is 37.0. The van der Waals surface area contributed by atoms with Gasteiger partial charge < -0.3 is 19.7 Å². The van der Waals surface area contributed by atoms with Gasteiger partial charge in [0.1, 0.15) is 0 Å². The number of methoxy groups -OCH3 is 2. The van der Waals surface area contributed by atoms with Crippen LogP contribution in [0.3, 0.4) is 0 Å². The Bertz CT molecular complexity index is 1020. The van der Waals surface area contributed by atoms with Crippen LogP contribution in [-0.2, 0) is 21.4 Å². The number of hydrogen-bond acceptors (Lipinski definition) is 6. The van der Waals surface area contributed by atoms with E-state index in [9.17, 15) is 13.2 Å². The Kier molecular flexibility index (Phi) is 7.98.